The van der Waals surface area contributed by atoms with Gasteiger partial charge in [0.05, 0.1) is 23.9 Å². The number of aryl methyl sites for hydroxylation is 1. The smallest absolute Gasteiger partial charge is 0.179 e. The van der Waals surface area contributed by atoms with Gasteiger partial charge in [-0.3, -0.25) is 0 Å². The van der Waals surface area contributed by atoms with Gasteiger partial charge in [-0.05, 0) is 49.1 Å². The lowest BCUT2D eigenvalue weighted by Crippen LogP contribution is -2.43. The highest BCUT2D eigenvalue weighted by Crippen LogP contribution is 2.50. The second-order valence-corrected chi connectivity index (χ2v) is 11.1. The zero-order valence-corrected chi connectivity index (χ0v) is 20.3. The Bertz CT molecular complexity index is 1040. The van der Waals surface area contributed by atoms with Gasteiger partial charge in [0.15, 0.2) is 21.4 Å². The SMILES string of the molecule is CCCCC1(CCCC)CS(=O)(=O)c2ccc(C)cc2[C@@H](c2ccc(F)c(OC)c2)C1O. The van der Waals surface area contributed by atoms with Crippen molar-refractivity contribution in [1.82, 2.24) is 0 Å². The molecule has 1 unspecified atom stereocenters. The van der Waals surface area contributed by atoms with Crippen molar-refractivity contribution in [1.29, 1.82) is 0 Å². The summed E-state index contributed by atoms with van der Waals surface area (Å²) in [4.78, 5) is 0.269. The van der Waals surface area contributed by atoms with E-state index in [2.05, 4.69) is 13.8 Å². The van der Waals surface area contributed by atoms with Crippen LogP contribution in [0.15, 0.2) is 41.3 Å². The van der Waals surface area contributed by atoms with E-state index >= 15 is 0 Å². The van der Waals surface area contributed by atoms with Crippen molar-refractivity contribution in [2.45, 2.75) is 76.2 Å². The summed E-state index contributed by atoms with van der Waals surface area (Å²) in [6.07, 6.45) is 3.85. The summed E-state index contributed by atoms with van der Waals surface area (Å²) in [5.74, 6) is -1.07. The first-order valence-electron chi connectivity index (χ1n) is 11.5. The highest BCUT2D eigenvalue weighted by Gasteiger charge is 2.49. The molecule has 4 nitrogen and oxygen atoms in total. The van der Waals surface area contributed by atoms with Crippen LogP contribution in [0, 0.1) is 18.2 Å². The fourth-order valence-corrected chi connectivity index (χ4v) is 7.31. The summed E-state index contributed by atoms with van der Waals surface area (Å²) in [7, 11) is -2.22. The van der Waals surface area contributed by atoms with Crippen LogP contribution in [-0.4, -0.2) is 32.5 Å². The summed E-state index contributed by atoms with van der Waals surface area (Å²) < 4.78 is 46.7. The number of hydrogen-bond donors (Lipinski definition) is 1. The van der Waals surface area contributed by atoms with Gasteiger partial charge in [-0.1, -0.05) is 63.3 Å². The first-order valence-corrected chi connectivity index (χ1v) is 13.2. The molecule has 0 fully saturated rings. The maximum Gasteiger partial charge on any atom is 0.179 e. The Hall–Kier alpha value is -1.92. The van der Waals surface area contributed by atoms with Crippen LogP contribution < -0.4 is 4.74 Å². The van der Waals surface area contributed by atoms with Crippen molar-refractivity contribution in [3.63, 3.8) is 0 Å². The number of hydrogen-bond acceptors (Lipinski definition) is 4. The van der Waals surface area contributed by atoms with Gasteiger partial charge in [0.2, 0.25) is 0 Å². The Kier molecular flexibility index (Phi) is 7.66. The molecule has 6 heteroatoms. The molecule has 0 aliphatic carbocycles. The van der Waals surface area contributed by atoms with Crippen LogP contribution in [0.25, 0.3) is 0 Å². The molecule has 0 radical (unpaired) electrons. The Morgan fingerprint density at radius 2 is 1.75 bits per heavy atom. The molecule has 2 aromatic carbocycles. The summed E-state index contributed by atoms with van der Waals surface area (Å²) in [5, 5.41) is 12.0. The quantitative estimate of drug-likeness (QED) is 0.539. The fourth-order valence-electron chi connectivity index (χ4n) is 5.11. The molecule has 32 heavy (non-hydrogen) atoms. The van der Waals surface area contributed by atoms with E-state index in [4.69, 9.17) is 4.74 Å². The molecule has 1 aliphatic rings. The van der Waals surface area contributed by atoms with Crippen LogP contribution in [0.1, 0.15) is 75.0 Å². The first-order chi connectivity index (χ1) is 15.2. The Morgan fingerprint density at radius 3 is 2.34 bits per heavy atom. The van der Waals surface area contributed by atoms with E-state index in [1.165, 1.54) is 13.2 Å². The maximum absolute atomic E-state index is 14.2. The van der Waals surface area contributed by atoms with Crippen molar-refractivity contribution in [3.8, 4) is 5.75 Å². The third kappa shape index (κ3) is 4.72. The Morgan fingerprint density at radius 1 is 1.09 bits per heavy atom. The van der Waals surface area contributed by atoms with Crippen LogP contribution in [0.3, 0.4) is 0 Å². The van der Waals surface area contributed by atoms with Gasteiger partial charge in [-0.2, -0.15) is 0 Å². The number of aliphatic hydroxyl groups is 1. The standard InChI is InChI=1S/C26H35FO4S/c1-5-7-13-26(14-8-6-2)17-32(29,30)23-12-9-18(3)15-20(23)24(25(26)28)19-10-11-21(27)22(16-19)31-4/h9-12,15-16,24-25,28H,5-8,13-14,17H2,1-4H3/t24-,25?/m1/s1. The molecule has 1 aliphatic heterocycles. The third-order valence-corrected chi connectivity index (χ3v) is 8.84. The van der Waals surface area contributed by atoms with Gasteiger partial charge in [0.1, 0.15) is 0 Å². The zero-order chi connectivity index (χ0) is 23.5. The van der Waals surface area contributed by atoms with Crippen LogP contribution in [0.4, 0.5) is 4.39 Å². The average Bonchev–Trinajstić information content (AvgIpc) is 2.82. The molecule has 176 valence electrons. The second kappa shape index (κ2) is 9.92. The van der Waals surface area contributed by atoms with Crippen LogP contribution in [0.2, 0.25) is 0 Å². The van der Waals surface area contributed by atoms with Gasteiger partial charge in [0.25, 0.3) is 0 Å². The van der Waals surface area contributed by atoms with Crippen molar-refractivity contribution < 1.29 is 22.7 Å². The zero-order valence-electron chi connectivity index (χ0n) is 19.5. The summed E-state index contributed by atoms with van der Waals surface area (Å²) in [6.45, 7) is 6.06. The lowest BCUT2D eigenvalue weighted by atomic mass is 9.68. The number of fused-ring (bicyclic) bond motifs is 1. The normalized spacial score (nSPS) is 21.6. The average molecular weight is 463 g/mol. The predicted octanol–water partition coefficient (Wildman–Crippen LogP) is 5.79. The van der Waals surface area contributed by atoms with Crippen molar-refractivity contribution >= 4 is 9.84 Å². The predicted molar refractivity (Wildman–Crippen MR) is 126 cm³/mol. The number of unbranched alkanes of at least 4 members (excludes halogenated alkanes) is 2. The number of methoxy groups -OCH3 is 1. The third-order valence-electron chi connectivity index (χ3n) is 6.85. The summed E-state index contributed by atoms with van der Waals surface area (Å²) >= 11 is 0. The number of ether oxygens (including phenoxy) is 1. The minimum absolute atomic E-state index is 0.0773. The van der Waals surface area contributed by atoms with E-state index in [0.29, 0.717) is 24.0 Å². The van der Waals surface area contributed by atoms with E-state index < -0.39 is 33.1 Å². The maximum atomic E-state index is 14.2. The number of rotatable bonds is 8. The van der Waals surface area contributed by atoms with Gasteiger partial charge in [0, 0.05) is 11.3 Å². The molecule has 2 atom stereocenters. The molecule has 1 N–H and O–H groups in total. The summed E-state index contributed by atoms with van der Waals surface area (Å²) in [5.41, 5.74) is 1.39. The number of benzene rings is 2. The van der Waals surface area contributed by atoms with Crippen LogP contribution >= 0.6 is 0 Å². The van der Waals surface area contributed by atoms with Crippen molar-refractivity contribution in [3.05, 3.63) is 58.9 Å². The molecule has 2 aromatic rings. The molecule has 3 rings (SSSR count). The largest absolute Gasteiger partial charge is 0.494 e. The fraction of sp³-hybridized carbons (Fsp3) is 0.538. The molecule has 0 amide bonds. The van der Waals surface area contributed by atoms with E-state index in [9.17, 15) is 17.9 Å². The summed E-state index contributed by atoms with van der Waals surface area (Å²) in [6, 6.07) is 9.88. The lowest BCUT2D eigenvalue weighted by molar-refractivity contribution is 0.0126. The second-order valence-electron chi connectivity index (χ2n) is 9.19. The number of halogens is 1. The molecular formula is C26H35FO4S. The molecule has 0 saturated heterocycles. The van der Waals surface area contributed by atoms with E-state index in [1.54, 1.807) is 24.3 Å². The lowest BCUT2D eigenvalue weighted by Gasteiger charge is -2.40. The minimum atomic E-state index is -3.63. The molecule has 0 aromatic heterocycles. The van der Waals surface area contributed by atoms with E-state index in [-0.39, 0.29) is 16.4 Å². The molecular weight excluding hydrogens is 427 g/mol. The monoisotopic (exact) mass is 462 g/mol. The Labute approximate surface area is 191 Å². The molecule has 0 saturated carbocycles. The molecule has 0 spiro atoms. The topological polar surface area (TPSA) is 63.6 Å². The molecule has 1 heterocycles. The van der Waals surface area contributed by atoms with E-state index in [1.807, 2.05) is 13.0 Å². The highest BCUT2D eigenvalue weighted by atomic mass is 32.2. The van der Waals surface area contributed by atoms with Crippen LogP contribution in [0.5, 0.6) is 5.75 Å². The Balaban J connectivity index is 2.30. The van der Waals surface area contributed by atoms with Gasteiger partial charge >= 0.3 is 0 Å². The number of aliphatic hydroxyl groups excluding tert-OH is 1. The molecule has 0 bridgehead atoms. The van der Waals surface area contributed by atoms with Gasteiger partial charge < -0.3 is 9.84 Å². The highest BCUT2D eigenvalue weighted by molar-refractivity contribution is 7.91. The number of sulfone groups is 1. The van der Waals surface area contributed by atoms with E-state index in [0.717, 1.165) is 31.2 Å². The van der Waals surface area contributed by atoms with Crippen molar-refractivity contribution in [2.75, 3.05) is 12.9 Å². The van der Waals surface area contributed by atoms with Crippen LogP contribution in [-0.2, 0) is 9.84 Å². The minimum Gasteiger partial charge on any atom is -0.494 e. The van der Waals surface area contributed by atoms with Gasteiger partial charge in [-0.15, -0.1) is 0 Å². The van der Waals surface area contributed by atoms with Gasteiger partial charge in [-0.25, -0.2) is 12.8 Å². The first kappa shape index (κ1) is 24.7. The van der Waals surface area contributed by atoms with Crippen molar-refractivity contribution in [2.24, 2.45) is 5.41 Å².